The molecule has 0 saturated heterocycles. The Morgan fingerprint density at radius 2 is 1.83 bits per heavy atom. The molecule has 1 heterocycles. The molecular formula is C16H19FO. The van der Waals surface area contributed by atoms with E-state index in [0.717, 1.165) is 38.7 Å². The molecule has 1 aromatic rings. The van der Waals surface area contributed by atoms with Crippen molar-refractivity contribution in [2.24, 2.45) is 0 Å². The van der Waals surface area contributed by atoms with Gasteiger partial charge in [0.25, 0.3) is 0 Å². The lowest BCUT2D eigenvalue weighted by atomic mass is 9.75. The van der Waals surface area contributed by atoms with E-state index in [1.165, 1.54) is 5.56 Å². The zero-order chi connectivity index (χ0) is 12.4. The lowest BCUT2D eigenvalue weighted by Gasteiger charge is -2.39. The summed E-state index contributed by atoms with van der Waals surface area (Å²) in [5, 5.41) is 0. The van der Waals surface area contributed by atoms with Crippen LogP contribution in [0.3, 0.4) is 0 Å². The molecule has 1 aliphatic heterocycles. The second kappa shape index (κ2) is 4.85. The summed E-state index contributed by atoms with van der Waals surface area (Å²) < 4.78 is 18.9. The molecule has 1 fully saturated rings. The summed E-state index contributed by atoms with van der Waals surface area (Å²) in [7, 11) is 0. The van der Waals surface area contributed by atoms with Crippen LogP contribution in [0.25, 0.3) is 0 Å². The summed E-state index contributed by atoms with van der Waals surface area (Å²) in [6.07, 6.45) is 10.0. The molecule has 1 aliphatic carbocycles. The Labute approximate surface area is 108 Å². The van der Waals surface area contributed by atoms with Gasteiger partial charge in [0.15, 0.2) is 0 Å². The highest BCUT2D eigenvalue weighted by molar-refractivity contribution is 5.22. The first-order valence-electron chi connectivity index (χ1n) is 6.85. The van der Waals surface area contributed by atoms with Crippen molar-refractivity contribution in [1.82, 2.24) is 0 Å². The van der Waals surface area contributed by atoms with Gasteiger partial charge in [-0.2, -0.15) is 0 Å². The number of hydrogen-bond donors (Lipinski definition) is 0. The molecule has 1 aromatic carbocycles. The van der Waals surface area contributed by atoms with E-state index in [1.54, 1.807) is 12.1 Å². The molecular weight excluding hydrogens is 227 g/mol. The first-order chi connectivity index (χ1) is 8.77. The SMILES string of the molecule is Fc1ccc(C2CCC3(C=CCCO3)CC2)cc1. The summed E-state index contributed by atoms with van der Waals surface area (Å²) in [4.78, 5) is 0. The van der Waals surface area contributed by atoms with Crippen LogP contribution in [-0.4, -0.2) is 12.2 Å². The fourth-order valence-electron chi connectivity index (χ4n) is 3.16. The van der Waals surface area contributed by atoms with Crippen LogP contribution in [0.2, 0.25) is 0 Å². The number of rotatable bonds is 1. The molecule has 96 valence electrons. The van der Waals surface area contributed by atoms with Crippen LogP contribution in [0.5, 0.6) is 0 Å². The lowest BCUT2D eigenvalue weighted by molar-refractivity contribution is -0.0419. The number of halogens is 1. The minimum atomic E-state index is -0.149. The lowest BCUT2D eigenvalue weighted by Crippen LogP contribution is -2.36. The third-order valence-corrected chi connectivity index (χ3v) is 4.27. The molecule has 0 unspecified atom stereocenters. The van der Waals surface area contributed by atoms with Gasteiger partial charge in [-0.25, -0.2) is 4.39 Å². The van der Waals surface area contributed by atoms with Crippen LogP contribution in [-0.2, 0) is 4.74 Å². The quantitative estimate of drug-likeness (QED) is 0.675. The fourth-order valence-corrected chi connectivity index (χ4v) is 3.16. The number of ether oxygens (including phenoxy) is 1. The van der Waals surface area contributed by atoms with E-state index in [0.29, 0.717) is 5.92 Å². The van der Waals surface area contributed by atoms with Gasteiger partial charge in [-0.3, -0.25) is 0 Å². The maximum Gasteiger partial charge on any atom is 0.123 e. The molecule has 0 radical (unpaired) electrons. The van der Waals surface area contributed by atoms with Gasteiger partial charge in [-0.1, -0.05) is 24.3 Å². The normalized spacial score (nSPS) is 31.7. The maximum atomic E-state index is 12.9. The second-order valence-corrected chi connectivity index (χ2v) is 5.43. The zero-order valence-electron chi connectivity index (χ0n) is 10.6. The molecule has 0 atom stereocenters. The van der Waals surface area contributed by atoms with Crippen LogP contribution in [0.4, 0.5) is 4.39 Å². The van der Waals surface area contributed by atoms with E-state index in [-0.39, 0.29) is 11.4 Å². The number of hydrogen-bond acceptors (Lipinski definition) is 1. The number of benzene rings is 1. The van der Waals surface area contributed by atoms with E-state index in [1.807, 2.05) is 12.1 Å². The van der Waals surface area contributed by atoms with Crippen molar-refractivity contribution >= 4 is 0 Å². The Balaban J connectivity index is 1.68. The van der Waals surface area contributed by atoms with Crippen LogP contribution in [0.1, 0.15) is 43.6 Å². The molecule has 1 nitrogen and oxygen atoms in total. The molecule has 0 bridgehead atoms. The Hall–Kier alpha value is -1.15. The van der Waals surface area contributed by atoms with Gasteiger partial charge in [-0.15, -0.1) is 0 Å². The summed E-state index contributed by atoms with van der Waals surface area (Å²) in [6, 6.07) is 6.98. The monoisotopic (exact) mass is 246 g/mol. The van der Waals surface area contributed by atoms with E-state index in [2.05, 4.69) is 12.2 Å². The second-order valence-electron chi connectivity index (χ2n) is 5.43. The zero-order valence-corrected chi connectivity index (χ0v) is 10.6. The Morgan fingerprint density at radius 1 is 1.11 bits per heavy atom. The van der Waals surface area contributed by atoms with Crippen LogP contribution >= 0.6 is 0 Å². The van der Waals surface area contributed by atoms with Crippen molar-refractivity contribution in [1.29, 1.82) is 0 Å². The topological polar surface area (TPSA) is 9.23 Å². The average molecular weight is 246 g/mol. The van der Waals surface area contributed by atoms with E-state index in [4.69, 9.17) is 4.74 Å². The minimum Gasteiger partial charge on any atom is -0.371 e. The largest absolute Gasteiger partial charge is 0.371 e. The molecule has 0 amide bonds. The summed E-state index contributed by atoms with van der Waals surface area (Å²) in [6.45, 7) is 0.859. The van der Waals surface area contributed by atoms with E-state index in [9.17, 15) is 4.39 Å². The van der Waals surface area contributed by atoms with Crippen molar-refractivity contribution < 1.29 is 9.13 Å². The molecule has 2 heteroatoms. The van der Waals surface area contributed by atoms with Crippen LogP contribution in [0, 0.1) is 5.82 Å². The fraction of sp³-hybridized carbons (Fsp3) is 0.500. The maximum absolute atomic E-state index is 12.9. The highest BCUT2D eigenvalue weighted by Gasteiger charge is 2.35. The summed E-state index contributed by atoms with van der Waals surface area (Å²) in [5.74, 6) is 0.416. The molecule has 3 rings (SSSR count). The smallest absolute Gasteiger partial charge is 0.123 e. The van der Waals surface area contributed by atoms with E-state index < -0.39 is 0 Å². The molecule has 2 aliphatic rings. The summed E-state index contributed by atoms with van der Waals surface area (Å²) >= 11 is 0. The van der Waals surface area contributed by atoms with Gasteiger partial charge in [0, 0.05) is 0 Å². The van der Waals surface area contributed by atoms with Crippen molar-refractivity contribution in [2.45, 2.75) is 43.6 Å². The first kappa shape index (κ1) is 11.9. The van der Waals surface area contributed by atoms with Gasteiger partial charge in [0.1, 0.15) is 5.82 Å². The standard InChI is InChI=1S/C16H19FO/c17-15-5-3-13(4-6-15)14-7-10-16(11-8-14)9-1-2-12-18-16/h1,3-6,9,14H,2,7-8,10-12H2. The van der Waals surface area contributed by atoms with E-state index >= 15 is 0 Å². The predicted octanol–water partition coefficient (Wildman–Crippen LogP) is 4.20. The predicted molar refractivity (Wildman–Crippen MR) is 70.0 cm³/mol. The van der Waals surface area contributed by atoms with Crippen LogP contribution in [0.15, 0.2) is 36.4 Å². The van der Waals surface area contributed by atoms with Crippen molar-refractivity contribution in [3.05, 3.63) is 47.8 Å². The molecule has 1 saturated carbocycles. The average Bonchev–Trinajstić information content (AvgIpc) is 2.42. The highest BCUT2D eigenvalue weighted by Crippen LogP contribution is 2.41. The Kier molecular flexibility index (Phi) is 3.21. The minimum absolute atomic E-state index is 0.00871. The van der Waals surface area contributed by atoms with Crippen molar-refractivity contribution in [2.75, 3.05) is 6.61 Å². The first-order valence-corrected chi connectivity index (χ1v) is 6.85. The van der Waals surface area contributed by atoms with Crippen molar-refractivity contribution in [3.63, 3.8) is 0 Å². The van der Waals surface area contributed by atoms with Gasteiger partial charge >= 0.3 is 0 Å². The molecule has 1 spiro atoms. The van der Waals surface area contributed by atoms with Crippen molar-refractivity contribution in [3.8, 4) is 0 Å². The molecule has 0 N–H and O–H groups in total. The Morgan fingerprint density at radius 3 is 2.44 bits per heavy atom. The third kappa shape index (κ3) is 2.35. The van der Waals surface area contributed by atoms with Crippen LogP contribution < -0.4 is 0 Å². The van der Waals surface area contributed by atoms with Gasteiger partial charge in [-0.05, 0) is 55.7 Å². The third-order valence-electron chi connectivity index (χ3n) is 4.27. The highest BCUT2D eigenvalue weighted by atomic mass is 19.1. The van der Waals surface area contributed by atoms with Gasteiger partial charge < -0.3 is 4.74 Å². The van der Waals surface area contributed by atoms with Gasteiger partial charge in [0.05, 0.1) is 12.2 Å². The molecule has 18 heavy (non-hydrogen) atoms. The van der Waals surface area contributed by atoms with Gasteiger partial charge in [0.2, 0.25) is 0 Å². The summed E-state index contributed by atoms with van der Waals surface area (Å²) in [5.41, 5.74) is 1.28. The Bertz CT molecular complexity index is 427. The molecule has 0 aromatic heterocycles.